The van der Waals surface area contributed by atoms with E-state index >= 15 is 4.57 Å². The van der Waals surface area contributed by atoms with Gasteiger partial charge in [0, 0.05) is 21.7 Å². The molecule has 0 atom stereocenters. The topological polar surface area (TPSA) is 20.3 Å². The third-order valence-electron chi connectivity index (χ3n) is 5.80. The van der Waals surface area contributed by atoms with Gasteiger partial charge in [-0.1, -0.05) is 60.7 Å². The Morgan fingerprint density at radius 1 is 0.593 bits per heavy atom. The zero-order valence-corrected chi connectivity index (χ0v) is 17.3. The van der Waals surface area contributed by atoms with Crippen molar-refractivity contribution in [1.29, 1.82) is 0 Å². The lowest BCUT2D eigenvalue weighted by Gasteiger charge is -2.46. The molecule has 0 aromatic heterocycles. The lowest BCUT2D eigenvalue weighted by Crippen LogP contribution is -2.47. The molecule has 0 amide bonds. The smallest absolute Gasteiger partial charge is 0.208 e. The first-order chi connectivity index (χ1) is 12.8. The van der Waals surface area contributed by atoms with Gasteiger partial charge >= 0.3 is 0 Å². The van der Waals surface area contributed by atoms with E-state index in [1.54, 1.807) is 0 Å². The monoisotopic (exact) mass is 375 g/mol. The fraction of sp³-hybridized carbons (Fsp3) is 0.250. The van der Waals surface area contributed by atoms with Crippen LogP contribution < -0.4 is 10.6 Å². The number of hydrogen-bond acceptors (Lipinski definition) is 1. The molecule has 0 radical (unpaired) electrons. The average molecular weight is 375 g/mol. The first-order valence-electron chi connectivity index (χ1n) is 9.43. The molecule has 0 bridgehead atoms. The van der Waals surface area contributed by atoms with Crippen LogP contribution in [0.1, 0.15) is 38.8 Å². The molecular formula is C24H26NOP. The minimum Gasteiger partial charge on any atom is -0.296 e. The van der Waals surface area contributed by atoms with Gasteiger partial charge in [0.05, 0.1) is 0 Å². The Kier molecular flexibility index (Phi) is 4.18. The standard InChI is InChI=1S/C24H26NOP/c1-23(2)21-17-11-12-18-22(21)24(3,4)25(23)27(26,19-13-7-5-8-14-19)20-15-9-6-10-16-20/h5-18H,1-4H3. The molecule has 27 heavy (non-hydrogen) atoms. The van der Waals surface area contributed by atoms with E-state index in [9.17, 15) is 0 Å². The molecule has 4 rings (SSSR count). The number of hydrogen-bond donors (Lipinski definition) is 0. The first kappa shape index (κ1) is 18.2. The Balaban J connectivity index is 2.04. The van der Waals surface area contributed by atoms with Gasteiger partial charge in [-0.05, 0) is 63.1 Å². The van der Waals surface area contributed by atoms with E-state index in [4.69, 9.17) is 0 Å². The summed E-state index contributed by atoms with van der Waals surface area (Å²) in [5.41, 5.74) is 1.78. The van der Waals surface area contributed by atoms with Crippen molar-refractivity contribution >= 4 is 17.9 Å². The third kappa shape index (κ3) is 2.55. The summed E-state index contributed by atoms with van der Waals surface area (Å²) in [5.74, 6) is 0. The van der Waals surface area contributed by atoms with Gasteiger partial charge in [-0.25, -0.2) is 4.67 Å². The van der Waals surface area contributed by atoms with Gasteiger partial charge in [-0.2, -0.15) is 0 Å². The van der Waals surface area contributed by atoms with Crippen LogP contribution in [0.25, 0.3) is 0 Å². The second kappa shape index (κ2) is 6.19. The van der Waals surface area contributed by atoms with Crippen molar-refractivity contribution in [2.45, 2.75) is 38.8 Å². The highest BCUT2D eigenvalue weighted by Gasteiger charge is 2.57. The minimum absolute atomic E-state index is 0.360. The van der Waals surface area contributed by atoms with Crippen LogP contribution in [0.3, 0.4) is 0 Å². The molecule has 0 fully saturated rings. The number of nitrogens with zero attached hydrogens (tertiary/aromatic N) is 1. The molecular weight excluding hydrogens is 349 g/mol. The van der Waals surface area contributed by atoms with Crippen molar-refractivity contribution in [3.05, 3.63) is 96.1 Å². The molecule has 0 saturated heterocycles. The Bertz CT molecular complexity index is 930. The fourth-order valence-corrected chi connectivity index (χ4v) is 8.36. The van der Waals surface area contributed by atoms with Crippen LogP contribution in [0.4, 0.5) is 0 Å². The lowest BCUT2D eigenvalue weighted by molar-refractivity contribution is 0.147. The molecule has 3 aromatic carbocycles. The summed E-state index contributed by atoms with van der Waals surface area (Å²) in [6, 6.07) is 28.4. The molecule has 138 valence electrons. The Labute approximate surface area is 162 Å². The Morgan fingerprint density at radius 3 is 1.30 bits per heavy atom. The predicted octanol–water partition coefficient (Wildman–Crippen LogP) is 5.40. The van der Waals surface area contributed by atoms with Crippen LogP contribution in [0, 0.1) is 0 Å². The summed E-state index contributed by atoms with van der Waals surface area (Å²) in [7, 11) is -3.06. The predicted molar refractivity (Wildman–Crippen MR) is 114 cm³/mol. The van der Waals surface area contributed by atoms with Crippen molar-refractivity contribution in [3.8, 4) is 0 Å². The van der Waals surface area contributed by atoms with Crippen molar-refractivity contribution in [3.63, 3.8) is 0 Å². The normalized spacial score (nSPS) is 18.2. The molecule has 2 nitrogen and oxygen atoms in total. The van der Waals surface area contributed by atoms with Crippen LogP contribution >= 0.6 is 7.29 Å². The maximum atomic E-state index is 15.0. The molecule has 0 spiro atoms. The Hall–Kier alpha value is -2.15. The van der Waals surface area contributed by atoms with Gasteiger partial charge in [-0.15, -0.1) is 0 Å². The lowest BCUT2D eigenvalue weighted by atomic mass is 9.91. The zero-order valence-electron chi connectivity index (χ0n) is 16.4. The van der Waals surface area contributed by atoms with E-state index in [0.29, 0.717) is 0 Å². The van der Waals surface area contributed by atoms with Crippen molar-refractivity contribution < 1.29 is 4.57 Å². The van der Waals surface area contributed by atoms with Crippen LogP contribution in [0.5, 0.6) is 0 Å². The summed E-state index contributed by atoms with van der Waals surface area (Å²) < 4.78 is 17.3. The maximum absolute atomic E-state index is 15.0. The summed E-state index contributed by atoms with van der Waals surface area (Å²) in [5, 5.41) is 1.76. The van der Waals surface area contributed by atoms with Gasteiger partial charge in [0.15, 0.2) is 0 Å². The van der Waals surface area contributed by atoms with Gasteiger partial charge < -0.3 is 0 Å². The highest BCUT2D eigenvalue weighted by atomic mass is 31.2. The van der Waals surface area contributed by atoms with E-state index < -0.39 is 7.29 Å². The van der Waals surface area contributed by atoms with Crippen LogP contribution in [0.2, 0.25) is 0 Å². The van der Waals surface area contributed by atoms with Crippen LogP contribution in [-0.2, 0) is 15.6 Å². The largest absolute Gasteiger partial charge is 0.296 e. The second-order valence-electron chi connectivity index (χ2n) is 8.22. The second-order valence-corrected chi connectivity index (χ2v) is 10.8. The SMILES string of the molecule is CC1(C)c2ccccc2C(C)(C)N1P(=O)(c1ccccc1)c1ccccc1. The number of benzene rings is 3. The minimum atomic E-state index is -3.06. The van der Waals surface area contributed by atoms with E-state index in [1.807, 2.05) is 60.7 Å². The zero-order chi connectivity index (χ0) is 19.3. The van der Waals surface area contributed by atoms with E-state index in [-0.39, 0.29) is 11.1 Å². The molecule has 3 aromatic rings. The van der Waals surface area contributed by atoms with Gasteiger partial charge in [0.2, 0.25) is 7.29 Å². The van der Waals surface area contributed by atoms with Crippen LogP contribution in [-0.4, -0.2) is 4.67 Å². The van der Waals surface area contributed by atoms with Crippen molar-refractivity contribution in [2.24, 2.45) is 0 Å². The van der Waals surface area contributed by atoms with Crippen LogP contribution in [0.15, 0.2) is 84.9 Å². The molecule has 1 aliphatic heterocycles. The molecule has 1 heterocycles. The highest BCUT2D eigenvalue weighted by molar-refractivity contribution is 7.76. The molecule has 0 unspecified atom stereocenters. The van der Waals surface area contributed by atoms with Gasteiger partial charge in [0.25, 0.3) is 0 Å². The highest BCUT2D eigenvalue weighted by Crippen LogP contribution is 2.64. The molecule has 0 saturated carbocycles. The molecule has 0 N–H and O–H groups in total. The number of fused-ring (bicyclic) bond motifs is 1. The van der Waals surface area contributed by atoms with E-state index in [0.717, 1.165) is 10.6 Å². The van der Waals surface area contributed by atoms with E-state index in [1.165, 1.54) is 11.1 Å². The van der Waals surface area contributed by atoms with Crippen molar-refractivity contribution in [2.75, 3.05) is 0 Å². The summed E-state index contributed by atoms with van der Waals surface area (Å²) in [6.45, 7) is 8.77. The summed E-state index contributed by atoms with van der Waals surface area (Å²) >= 11 is 0. The van der Waals surface area contributed by atoms with Gasteiger partial charge in [0.1, 0.15) is 0 Å². The first-order valence-corrected chi connectivity index (χ1v) is 11.1. The fourth-order valence-electron chi connectivity index (χ4n) is 4.82. The van der Waals surface area contributed by atoms with Gasteiger partial charge in [-0.3, -0.25) is 4.57 Å². The molecule has 0 aliphatic carbocycles. The quantitative estimate of drug-likeness (QED) is 0.571. The molecule has 3 heteroatoms. The number of rotatable bonds is 3. The third-order valence-corrected chi connectivity index (χ3v) is 9.36. The van der Waals surface area contributed by atoms with E-state index in [2.05, 4.69) is 56.6 Å². The Morgan fingerprint density at radius 2 is 0.926 bits per heavy atom. The maximum Gasteiger partial charge on any atom is 0.208 e. The van der Waals surface area contributed by atoms with Crippen molar-refractivity contribution in [1.82, 2.24) is 4.67 Å². The summed E-state index contributed by atoms with van der Waals surface area (Å²) in [6.07, 6.45) is 0. The summed E-state index contributed by atoms with van der Waals surface area (Å²) in [4.78, 5) is 0. The average Bonchev–Trinajstić information content (AvgIpc) is 2.85. The molecule has 1 aliphatic rings.